The molecule has 2 aromatic rings. The fourth-order valence-electron chi connectivity index (χ4n) is 2.31. The van der Waals surface area contributed by atoms with Crippen LogP contribution >= 0.6 is 0 Å². The first-order chi connectivity index (χ1) is 10.6. The number of hydrogen-bond acceptors (Lipinski definition) is 5. The van der Waals surface area contributed by atoms with Crippen LogP contribution in [0.15, 0.2) is 52.2 Å². The quantitative estimate of drug-likeness (QED) is 0.511. The van der Waals surface area contributed by atoms with E-state index in [9.17, 15) is 9.59 Å². The van der Waals surface area contributed by atoms with E-state index in [1.807, 2.05) is 12.1 Å². The lowest BCUT2D eigenvalue weighted by atomic mass is 10.0. The van der Waals surface area contributed by atoms with Crippen molar-refractivity contribution >= 4 is 17.7 Å². The molecule has 2 heterocycles. The molecule has 1 aromatic carbocycles. The van der Waals surface area contributed by atoms with Crippen molar-refractivity contribution in [2.75, 3.05) is 0 Å². The van der Waals surface area contributed by atoms with Gasteiger partial charge >= 0.3 is 12.0 Å². The number of esters is 1. The van der Waals surface area contributed by atoms with Crippen LogP contribution in [0.1, 0.15) is 34.2 Å². The summed E-state index contributed by atoms with van der Waals surface area (Å²) in [5, 5.41) is 3.93. The second kappa shape index (κ2) is 5.72. The first kappa shape index (κ1) is 13.9. The van der Waals surface area contributed by atoms with E-state index in [0.29, 0.717) is 17.0 Å². The standard InChI is InChI=1S/C15H13N3O4/c16-15(20)18-17-11(12-6-3-7-21-12)8-13-9-4-1-2-5-10(9)14(19)22-13/h1-7,13H,8H2,(H3,16,18,20)/b17-11+. The topological polar surface area (TPSA) is 107 Å². The molecule has 7 nitrogen and oxygen atoms in total. The molecule has 1 aliphatic heterocycles. The molecule has 0 aliphatic carbocycles. The summed E-state index contributed by atoms with van der Waals surface area (Å²) in [4.78, 5) is 22.7. The molecule has 1 aliphatic rings. The van der Waals surface area contributed by atoms with Crippen molar-refractivity contribution < 1.29 is 18.7 Å². The number of nitrogens with zero attached hydrogens (tertiary/aromatic N) is 1. The highest BCUT2D eigenvalue weighted by atomic mass is 16.5. The summed E-state index contributed by atoms with van der Waals surface area (Å²) in [6, 6.07) is 9.76. The average molecular weight is 299 g/mol. The highest BCUT2D eigenvalue weighted by Gasteiger charge is 2.32. The Labute approximate surface area is 125 Å². The summed E-state index contributed by atoms with van der Waals surface area (Å²) in [5.74, 6) is 0.0939. The van der Waals surface area contributed by atoms with Gasteiger partial charge in [0.1, 0.15) is 17.6 Å². The number of primary amides is 1. The van der Waals surface area contributed by atoms with Crippen LogP contribution in [0, 0.1) is 0 Å². The van der Waals surface area contributed by atoms with Crippen molar-refractivity contribution in [1.82, 2.24) is 5.43 Å². The van der Waals surface area contributed by atoms with Crippen molar-refractivity contribution in [1.29, 1.82) is 0 Å². The van der Waals surface area contributed by atoms with E-state index in [4.69, 9.17) is 14.9 Å². The van der Waals surface area contributed by atoms with Crippen LogP contribution in [-0.4, -0.2) is 17.7 Å². The molecule has 1 unspecified atom stereocenters. The molecule has 3 N–H and O–H groups in total. The highest BCUT2D eigenvalue weighted by molar-refractivity contribution is 6.00. The van der Waals surface area contributed by atoms with Crippen LogP contribution in [0.25, 0.3) is 0 Å². The van der Waals surface area contributed by atoms with Gasteiger partial charge in [0.05, 0.1) is 11.8 Å². The number of urea groups is 1. The molecule has 0 saturated carbocycles. The highest BCUT2D eigenvalue weighted by Crippen LogP contribution is 2.33. The summed E-state index contributed by atoms with van der Waals surface area (Å²) in [5.41, 5.74) is 8.95. The largest absolute Gasteiger partial charge is 0.463 e. The molecule has 0 radical (unpaired) electrons. The number of furan rings is 1. The van der Waals surface area contributed by atoms with E-state index in [1.54, 1.807) is 24.3 Å². The van der Waals surface area contributed by atoms with Crippen molar-refractivity contribution in [3.8, 4) is 0 Å². The zero-order chi connectivity index (χ0) is 15.5. The molecular weight excluding hydrogens is 286 g/mol. The van der Waals surface area contributed by atoms with Crippen molar-refractivity contribution in [3.63, 3.8) is 0 Å². The molecule has 3 rings (SSSR count). The van der Waals surface area contributed by atoms with Gasteiger partial charge in [-0.15, -0.1) is 0 Å². The number of cyclic esters (lactones) is 1. The van der Waals surface area contributed by atoms with E-state index >= 15 is 0 Å². The summed E-state index contributed by atoms with van der Waals surface area (Å²) in [6.07, 6.45) is 1.27. The maximum absolute atomic E-state index is 11.8. The molecule has 1 aromatic heterocycles. The van der Waals surface area contributed by atoms with Crippen LogP contribution in [0.3, 0.4) is 0 Å². The summed E-state index contributed by atoms with van der Waals surface area (Å²) in [6.45, 7) is 0. The third kappa shape index (κ3) is 2.69. The molecular formula is C15H13N3O4. The maximum Gasteiger partial charge on any atom is 0.339 e. The van der Waals surface area contributed by atoms with Crippen LogP contribution in [0.5, 0.6) is 0 Å². The normalized spacial score (nSPS) is 17.0. The van der Waals surface area contributed by atoms with Gasteiger partial charge in [0.2, 0.25) is 0 Å². The van der Waals surface area contributed by atoms with Gasteiger partial charge in [-0.05, 0) is 18.2 Å². The lowest BCUT2D eigenvalue weighted by molar-refractivity contribution is 0.0400. The maximum atomic E-state index is 11.8. The predicted molar refractivity (Wildman–Crippen MR) is 77.2 cm³/mol. The number of nitrogens with one attached hydrogen (secondary N) is 1. The number of rotatable bonds is 4. The average Bonchev–Trinajstić information content (AvgIpc) is 3.13. The molecule has 0 bridgehead atoms. The molecule has 22 heavy (non-hydrogen) atoms. The number of carbonyl (C=O) groups excluding carboxylic acids is 2. The lowest BCUT2D eigenvalue weighted by Crippen LogP contribution is -2.26. The van der Waals surface area contributed by atoms with E-state index in [-0.39, 0.29) is 12.4 Å². The van der Waals surface area contributed by atoms with Gasteiger partial charge in [-0.25, -0.2) is 15.0 Å². The number of hydrogen-bond donors (Lipinski definition) is 2. The Balaban J connectivity index is 1.87. The van der Waals surface area contributed by atoms with Crippen molar-refractivity contribution in [2.45, 2.75) is 12.5 Å². The Morgan fingerprint density at radius 2 is 2.09 bits per heavy atom. The molecule has 0 saturated heterocycles. The molecule has 0 fully saturated rings. The monoisotopic (exact) mass is 299 g/mol. The van der Waals surface area contributed by atoms with Gasteiger partial charge in [0, 0.05) is 12.0 Å². The Bertz CT molecular complexity index is 737. The lowest BCUT2D eigenvalue weighted by Gasteiger charge is -2.11. The van der Waals surface area contributed by atoms with E-state index in [2.05, 4.69) is 10.5 Å². The van der Waals surface area contributed by atoms with Gasteiger partial charge in [-0.1, -0.05) is 18.2 Å². The molecule has 0 spiro atoms. The Morgan fingerprint density at radius 1 is 1.27 bits per heavy atom. The van der Waals surface area contributed by atoms with Crippen LogP contribution in [-0.2, 0) is 4.74 Å². The number of benzene rings is 1. The molecule has 1 atom stereocenters. The van der Waals surface area contributed by atoms with Gasteiger partial charge in [-0.2, -0.15) is 5.10 Å². The third-order valence-corrected chi connectivity index (χ3v) is 3.26. The zero-order valence-electron chi connectivity index (χ0n) is 11.5. The summed E-state index contributed by atoms with van der Waals surface area (Å²) < 4.78 is 10.7. The fourth-order valence-corrected chi connectivity index (χ4v) is 2.31. The van der Waals surface area contributed by atoms with E-state index < -0.39 is 12.1 Å². The zero-order valence-corrected chi connectivity index (χ0v) is 11.5. The number of hydrazone groups is 1. The van der Waals surface area contributed by atoms with E-state index in [1.165, 1.54) is 6.26 Å². The summed E-state index contributed by atoms with van der Waals surface area (Å²) in [7, 11) is 0. The van der Waals surface area contributed by atoms with Gasteiger partial charge in [0.25, 0.3) is 0 Å². The first-order valence-corrected chi connectivity index (χ1v) is 6.61. The first-order valence-electron chi connectivity index (χ1n) is 6.61. The third-order valence-electron chi connectivity index (χ3n) is 3.26. The number of amides is 2. The Morgan fingerprint density at radius 3 is 2.82 bits per heavy atom. The SMILES string of the molecule is NC(=O)N/N=C(\CC1OC(=O)c2ccccc21)c1ccco1. The Kier molecular flexibility index (Phi) is 3.61. The number of nitrogens with two attached hydrogens (primary N) is 1. The van der Waals surface area contributed by atoms with E-state index in [0.717, 1.165) is 5.56 Å². The minimum Gasteiger partial charge on any atom is -0.463 e. The fraction of sp³-hybridized carbons (Fsp3) is 0.133. The molecule has 7 heteroatoms. The molecule has 2 amide bonds. The van der Waals surface area contributed by atoms with Gasteiger partial charge in [0.15, 0.2) is 0 Å². The predicted octanol–water partition coefficient (Wildman–Crippen LogP) is 1.95. The summed E-state index contributed by atoms with van der Waals surface area (Å²) >= 11 is 0. The second-order valence-corrected chi connectivity index (χ2v) is 4.70. The molecule has 112 valence electrons. The number of carbonyl (C=O) groups is 2. The van der Waals surface area contributed by atoms with Crippen LogP contribution < -0.4 is 11.2 Å². The van der Waals surface area contributed by atoms with Crippen LogP contribution in [0.2, 0.25) is 0 Å². The van der Waals surface area contributed by atoms with Crippen molar-refractivity contribution in [2.24, 2.45) is 10.8 Å². The minimum absolute atomic E-state index is 0.260. The second-order valence-electron chi connectivity index (χ2n) is 4.70. The number of ether oxygens (including phenoxy) is 1. The van der Waals surface area contributed by atoms with Gasteiger partial charge in [-0.3, -0.25) is 0 Å². The van der Waals surface area contributed by atoms with Gasteiger partial charge < -0.3 is 14.9 Å². The van der Waals surface area contributed by atoms with Crippen molar-refractivity contribution in [3.05, 3.63) is 59.5 Å². The van der Waals surface area contributed by atoms with Crippen LogP contribution in [0.4, 0.5) is 4.79 Å². The Hall–Kier alpha value is -3.09. The smallest absolute Gasteiger partial charge is 0.339 e. The number of fused-ring (bicyclic) bond motifs is 1. The minimum atomic E-state index is -0.784.